The first-order chi connectivity index (χ1) is 13.8. The van der Waals surface area contributed by atoms with Gasteiger partial charge in [0.1, 0.15) is 0 Å². The van der Waals surface area contributed by atoms with Gasteiger partial charge in [0.15, 0.2) is 0 Å². The Kier molecular flexibility index (Phi) is 3.26. The molecular weight excluding hydrogens is 340 g/mol. The summed E-state index contributed by atoms with van der Waals surface area (Å²) < 4.78 is 0. The van der Waals surface area contributed by atoms with Crippen LogP contribution in [0.5, 0.6) is 0 Å². The van der Waals surface area contributed by atoms with E-state index < -0.39 is 0 Å². The lowest BCUT2D eigenvalue weighted by molar-refractivity contribution is 1.21. The molecule has 0 saturated heterocycles. The summed E-state index contributed by atoms with van der Waals surface area (Å²) in [4.78, 5) is 8.56. The van der Waals surface area contributed by atoms with Crippen LogP contribution < -0.4 is 0 Å². The van der Waals surface area contributed by atoms with Crippen LogP contribution in [0.2, 0.25) is 0 Å². The summed E-state index contributed by atoms with van der Waals surface area (Å²) >= 11 is 0. The standard InChI is InChI=1S/C26H18N2/c1-2-6-18(7-3-1)19-11-10-17-12-20-15-23-22-8-4-5-9-24(22)28-26(23)16-25(20)27-21(13-17)14-19/h1-11,13-16,28H,12H2. The van der Waals surface area contributed by atoms with Crippen molar-refractivity contribution in [3.05, 3.63) is 108 Å². The van der Waals surface area contributed by atoms with E-state index in [1.54, 1.807) is 0 Å². The zero-order valence-electron chi connectivity index (χ0n) is 15.3. The Morgan fingerprint density at radius 2 is 1.61 bits per heavy atom. The molecule has 2 heterocycles. The molecule has 0 fully saturated rings. The van der Waals surface area contributed by atoms with Crippen LogP contribution in [-0.2, 0) is 6.42 Å². The molecule has 0 amide bonds. The number of para-hydroxylation sites is 1. The molecular formula is C26H18N2. The van der Waals surface area contributed by atoms with E-state index in [1.807, 2.05) is 6.07 Å². The Hall–Kier alpha value is -3.65. The predicted molar refractivity (Wildman–Crippen MR) is 118 cm³/mol. The lowest BCUT2D eigenvalue weighted by Crippen LogP contribution is -1.89. The maximum atomic E-state index is 5.02. The normalized spacial score (nSPS) is 15.5. The monoisotopic (exact) mass is 358 g/mol. The molecule has 1 aliphatic heterocycles. The number of H-pyrrole nitrogens is 1. The second-order valence-corrected chi connectivity index (χ2v) is 7.43. The molecule has 6 rings (SSSR count). The predicted octanol–water partition coefficient (Wildman–Crippen LogP) is 6.53. The smallest absolute Gasteiger partial charge is 0.0693 e. The molecule has 2 heteroatoms. The highest BCUT2D eigenvalue weighted by atomic mass is 14.8. The fourth-order valence-corrected chi connectivity index (χ4v) is 4.20. The fraction of sp³-hybridized carbons (Fsp3) is 0.0385. The number of hydrogen-bond donors (Lipinski definition) is 1. The highest BCUT2D eigenvalue weighted by Crippen LogP contribution is 2.35. The van der Waals surface area contributed by atoms with Gasteiger partial charge in [-0.1, -0.05) is 60.7 Å². The number of aliphatic imine (C=N–C) groups is 1. The van der Waals surface area contributed by atoms with Crippen molar-refractivity contribution in [2.45, 2.75) is 6.42 Å². The third-order valence-electron chi connectivity index (χ3n) is 5.57. The molecule has 1 N–H and O–H groups in total. The van der Waals surface area contributed by atoms with Gasteiger partial charge in [0.05, 0.1) is 11.4 Å². The Morgan fingerprint density at radius 1 is 0.750 bits per heavy atom. The number of benzene rings is 3. The molecule has 132 valence electrons. The minimum atomic E-state index is 0.893. The van der Waals surface area contributed by atoms with Gasteiger partial charge in [-0.05, 0) is 59.0 Å². The number of rotatable bonds is 1. The molecule has 0 radical (unpaired) electrons. The Bertz CT molecular complexity index is 1360. The maximum Gasteiger partial charge on any atom is 0.0693 e. The molecule has 2 nitrogen and oxygen atoms in total. The lowest BCUT2D eigenvalue weighted by atomic mass is 10.00. The Labute approximate surface area is 163 Å². The molecule has 4 aromatic rings. The van der Waals surface area contributed by atoms with Gasteiger partial charge < -0.3 is 4.98 Å². The summed E-state index contributed by atoms with van der Waals surface area (Å²) in [5.74, 6) is 0. The molecule has 1 aromatic heterocycles. The van der Waals surface area contributed by atoms with Crippen molar-refractivity contribution < 1.29 is 0 Å². The zero-order chi connectivity index (χ0) is 18.5. The van der Waals surface area contributed by atoms with Crippen LogP contribution in [0.4, 0.5) is 5.69 Å². The molecule has 0 saturated carbocycles. The van der Waals surface area contributed by atoms with Crippen molar-refractivity contribution in [2.75, 3.05) is 0 Å². The van der Waals surface area contributed by atoms with Crippen molar-refractivity contribution in [3.8, 4) is 0 Å². The molecule has 1 aliphatic carbocycles. The topological polar surface area (TPSA) is 28.1 Å². The van der Waals surface area contributed by atoms with E-state index in [-0.39, 0.29) is 0 Å². The van der Waals surface area contributed by atoms with Crippen LogP contribution >= 0.6 is 0 Å². The molecule has 2 bridgehead atoms. The van der Waals surface area contributed by atoms with Crippen LogP contribution in [0.25, 0.3) is 27.4 Å². The number of hydrogen-bond acceptors (Lipinski definition) is 1. The summed E-state index contributed by atoms with van der Waals surface area (Å²) in [6, 6.07) is 23.5. The number of allylic oxidation sites excluding steroid dienone is 6. The SMILES string of the molecule is C1=CC(c2ccccc2)=CC2=Nc3cc4[nH]c5ccccc5c4cc3CC1=C2. The summed E-state index contributed by atoms with van der Waals surface area (Å²) in [5, 5.41) is 2.54. The first-order valence-electron chi connectivity index (χ1n) is 9.61. The zero-order valence-corrected chi connectivity index (χ0v) is 15.3. The van der Waals surface area contributed by atoms with Gasteiger partial charge in [0.25, 0.3) is 0 Å². The average molecular weight is 358 g/mol. The van der Waals surface area contributed by atoms with E-state index in [4.69, 9.17) is 4.99 Å². The number of fused-ring (bicyclic) bond motifs is 5. The average Bonchev–Trinajstić information content (AvgIpc) is 2.86. The third kappa shape index (κ3) is 2.46. The van der Waals surface area contributed by atoms with E-state index in [2.05, 4.69) is 90.0 Å². The van der Waals surface area contributed by atoms with Crippen LogP contribution in [0.3, 0.4) is 0 Å². The second kappa shape index (κ2) is 5.93. The van der Waals surface area contributed by atoms with Gasteiger partial charge in [-0.2, -0.15) is 0 Å². The first-order valence-corrected chi connectivity index (χ1v) is 9.61. The van der Waals surface area contributed by atoms with Gasteiger partial charge in [-0.25, -0.2) is 4.99 Å². The molecule has 3 aromatic carbocycles. The molecule has 0 unspecified atom stereocenters. The van der Waals surface area contributed by atoms with E-state index in [1.165, 1.54) is 38.6 Å². The van der Waals surface area contributed by atoms with Crippen molar-refractivity contribution in [1.29, 1.82) is 0 Å². The van der Waals surface area contributed by atoms with Crippen molar-refractivity contribution in [2.24, 2.45) is 4.99 Å². The van der Waals surface area contributed by atoms with Crippen LogP contribution in [-0.4, -0.2) is 10.7 Å². The van der Waals surface area contributed by atoms with Crippen LogP contribution in [0.1, 0.15) is 11.1 Å². The summed E-state index contributed by atoms with van der Waals surface area (Å²) in [6.07, 6.45) is 9.72. The van der Waals surface area contributed by atoms with Gasteiger partial charge in [-0.15, -0.1) is 0 Å². The largest absolute Gasteiger partial charge is 0.354 e. The van der Waals surface area contributed by atoms with E-state index >= 15 is 0 Å². The van der Waals surface area contributed by atoms with E-state index in [0.29, 0.717) is 0 Å². The summed E-state index contributed by atoms with van der Waals surface area (Å²) in [5.41, 5.74) is 9.36. The third-order valence-corrected chi connectivity index (χ3v) is 5.57. The molecule has 2 aliphatic rings. The van der Waals surface area contributed by atoms with Crippen LogP contribution in [0, 0.1) is 0 Å². The minimum absolute atomic E-state index is 0.893. The summed E-state index contributed by atoms with van der Waals surface area (Å²) in [6.45, 7) is 0. The minimum Gasteiger partial charge on any atom is -0.354 e. The Morgan fingerprint density at radius 3 is 2.54 bits per heavy atom. The van der Waals surface area contributed by atoms with Crippen molar-refractivity contribution in [3.63, 3.8) is 0 Å². The Balaban J connectivity index is 1.54. The number of nitrogens with zero attached hydrogens (tertiary/aromatic N) is 1. The van der Waals surface area contributed by atoms with Crippen LogP contribution in [0.15, 0.2) is 102 Å². The quantitative estimate of drug-likeness (QED) is 0.401. The van der Waals surface area contributed by atoms with Crippen molar-refractivity contribution >= 4 is 38.8 Å². The molecule has 0 atom stereocenters. The van der Waals surface area contributed by atoms with E-state index in [9.17, 15) is 0 Å². The number of nitrogens with one attached hydrogen (secondary N) is 1. The number of aromatic amines is 1. The van der Waals surface area contributed by atoms with Crippen molar-refractivity contribution in [1.82, 2.24) is 4.98 Å². The van der Waals surface area contributed by atoms with E-state index in [0.717, 1.165) is 23.3 Å². The van der Waals surface area contributed by atoms with Gasteiger partial charge >= 0.3 is 0 Å². The van der Waals surface area contributed by atoms with Gasteiger partial charge in [-0.3, -0.25) is 0 Å². The molecule has 0 spiro atoms. The summed E-state index contributed by atoms with van der Waals surface area (Å²) in [7, 11) is 0. The fourth-order valence-electron chi connectivity index (χ4n) is 4.20. The first kappa shape index (κ1) is 15.4. The van der Waals surface area contributed by atoms with Gasteiger partial charge in [0.2, 0.25) is 0 Å². The number of aromatic nitrogens is 1. The highest BCUT2D eigenvalue weighted by molar-refractivity contribution is 6.13. The highest BCUT2D eigenvalue weighted by Gasteiger charge is 2.15. The molecule has 28 heavy (non-hydrogen) atoms. The van der Waals surface area contributed by atoms with Gasteiger partial charge in [0, 0.05) is 21.8 Å². The second-order valence-electron chi connectivity index (χ2n) is 7.43. The maximum absolute atomic E-state index is 5.02. The lowest BCUT2D eigenvalue weighted by Gasteiger charge is -2.07.